The molecule has 0 saturated carbocycles. The van der Waals surface area contributed by atoms with Crippen LogP contribution in [0.15, 0.2) is 0 Å². The number of hydrogen-bond acceptors (Lipinski definition) is 2. The molecule has 0 atom stereocenters. The van der Waals surface area contributed by atoms with E-state index in [4.69, 9.17) is 2.74 Å². The second-order valence-corrected chi connectivity index (χ2v) is 5.04. The van der Waals surface area contributed by atoms with E-state index in [1.807, 2.05) is 4.90 Å². The molecule has 0 aromatic carbocycles. The van der Waals surface area contributed by atoms with E-state index in [2.05, 4.69) is 39.5 Å². The molecule has 78 valence electrons. The Bertz CT molecular complexity index is 221. The van der Waals surface area contributed by atoms with Gasteiger partial charge in [-0.05, 0) is 34.6 Å². The zero-order valence-electron chi connectivity index (χ0n) is 11.6. The summed E-state index contributed by atoms with van der Waals surface area (Å²) >= 11 is 0. The first kappa shape index (κ1) is 8.25. The van der Waals surface area contributed by atoms with Crippen LogP contribution in [0.3, 0.4) is 0 Å². The van der Waals surface area contributed by atoms with Crippen LogP contribution in [0.5, 0.6) is 0 Å². The fourth-order valence-corrected chi connectivity index (χ4v) is 1.58. The average molecular weight is 186 g/mol. The predicted octanol–water partition coefficient (Wildman–Crippen LogP) is 1.81. The smallest absolute Gasteiger partial charge is 0.0444 e. The Kier molecular flexibility index (Phi) is 2.52. The third-order valence-corrected chi connectivity index (χ3v) is 2.65. The highest BCUT2D eigenvalue weighted by atomic mass is 15.3. The van der Waals surface area contributed by atoms with Crippen molar-refractivity contribution in [2.75, 3.05) is 26.1 Å². The highest BCUT2D eigenvalue weighted by molar-refractivity contribution is 4.82. The summed E-state index contributed by atoms with van der Waals surface area (Å²) in [4.78, 5) is 4.18. The Hall–Kier alpha value is -0.0800. The highest BCUT2D eigenvalue weighted by Crippen LogP contribution is 2.16. The number of nitrogens with zero attached hydrogens (tertiary/aromatic N) is 2. The van der Waals surface area contributed by atoms with Crippen molar-refractivity contribution in [3.63, 3.8) is 0 Å². The lowest BCUT2D eigenvalue weighted by molar-refractivity contribution is 0.0491. The molecule has 1 aliphatic rings. The lowest BCUT2D eigenvalue weighted by Crippen LogP contribution is -2.54. The van der Waals surface area contributed by atoms with Gasteiger partial charge in [-0.3, -0.25) is 9.80 Å². The molecule has 1 saturated heterocycles. The van der Waals surface area contributed by atoms with Gasteiger partial charge < -0.3 is 0 Å². The molecule has 0 radical (unpaired) electrons. The van der Waals surface area contributed by atoms with Crippen molar-refractivity contribution in [2.24, 2.45) is 0 Å². The van der Waals surface area contributed by atoms with Gasteiger partial charge in [0.1, 0.15) is 0 Å². The van der Waals surface area contributed by atoms with Gasteiger partial charge in [0.15, 0.2) is 0 Å². The minimum absolute atomic E-state index is 0.0659. The van der Waals surface area contributed by atoms with Gasteiger partial charge in [-0.2, -0.15) is 0 Å². The van der Waals surface area contributed by atoms with Gasteiger partial charge in [0.2, 0.25) is 0 Å². The average Bonchev–Trinajstić information content (AvgIpc) is 1.99. The molecule has 0 unspecified atom stereocenters. The summed E-state index contributed by atoms with van der Waals surface area (Å²) in [6.07, 6.45) is 0. The molecular weight excluding hydrogens is 160 g/mol. The third kappa shape index (κ3) is 2.96. The molecule has 0 amide bonds. The SMILES string of the molecule is [2H]C1([2H])CN(C(C)(C)C)CCN1C(C)C. The molecule has 1 rings (SSSR count). The van der Waals surface area contributed by atoms with Crippen molar-refractivity contribution >= 4 is 0 Å². The Labute approximate surface area is 85.7 Å². The van der Waals surface area contributed by atoms with Gasteiger partial charge in [-0.1, -0.05) is 0 Å². The maximum Gasteiger partial charge on any atom is 0.0444 e. The van der Waals surface area contributed by atoms with Crippen LogP contribution in [0.25, 0.3) is 0 Å². The lowest BCUT2D eigenvalue weighted by Gasteiger charge is -2.43. The first-order chi connectivity index (χ1) is 6.64. The molecular formula is C11H24N2. The van der Waals surface area contributed by atoms with Gasteiger partial charge >= 0.3 is 0 Å². The molecule has 2 nitrogen and oxygen atoms in total. The number of hydrogen-bond donors (Lipinski definition) is 0. The standard InChI is InChI=1S/C11H24N2/c1-10(2)12-6-8-13(9-7-12)11(3,4)5/h10H,6-9H2,1-5H3/i6D2. The van der Waals surface area contributed by atoms with Gasteiger partial charge in [0.25, 0.3) is 0 Å². The van der Waals surface area contributed by atoms with E-state index in [9.17, 15) is 0 Å². The topological polar surface area (TPSA) is 6.48 Å². The molecule has 2 heteroatoms. The van der Waals surface area contributed by atoms with Gasteiger partial charge in [0.05, 0.1) is 0 Å². The summed E-state index contributed by atoms with van der Waals surface area (Å²) in [6, 6.07) is 0.280. The maximum atomic E-state index is 8.08. The zero-order valence-corrected chi connectivity index (χ0v) is 9.59. The van der Waals surface area contributed by atoms with Crippen LogP contribution in [0.4, 0.5) is 0 Å². The van der Waals surface area contributed by atoms with E-state index in [-0.39, 0.29) is 11.6 Å². The van der Waals surface area contributed by atoms with Gasteiger partial charge in [0, 0.05) is 40.5 Å². The van der Waals surface area contributed by atoms with E-state index in [0.717, 1.165) is 13.1 Å². The van der Waals surface area contributed by atoms with Gasteiger partial charge in [-0.15, -0.1) is 0 Å². The summed E-state index contributed by atoms with van der Waals surface area (Å²) in [7, 11) is 0. The molecule has 0 spiro atoms. The van der Waals surface area contributed by atoms with Gasteiger partial charge in [-0.25, -0.2) is 0 Å². The highest BCUT2D eigenvalue weighted by Gasteiger charge is 2.26. The number of rotatable bonds is 1. The quantitative estimate of drug-likeness (QED) is 0.616. The summed E-state index contributed by atoms with van der Waals surface area (Å²) in [6.45, 7) is 11.7. The van der Waals surface area contributed by atoms with E-state index in [1.165, 1.54) is 0 Å². The summed E-state index contributed by atoms with van der Waals surface area (Å²) < 4.78 is 16.2. The van der Waals surface area contributed by atoms with Crippen molar-refractivity contribution in [3.8, 4) is 0 Å². The monoisotopic (exact) mass is 186 g/mol. The predicted molar refractivity (Wildman–Crippen MR) is 58.0 cm³/mol. The molecule has 0 aliphatic carbocycles. The second-order valence-electron chi connectivity index (χ2n) is 5.04. The minimum atomic E-state index is -1.19. The molecule has 1 fully saturated rings. The van der Waals surface area contributed by atoms with Crippen LogP contribution >= 0.6 is 0 Å². The van der Waals surface area contributed by atoms with Crippen molar-refractivity contribution in [2.45, 2.75) is 46.2 Å². The Morgan fingerprint density at radius 1 is 1.15 bits per heavy atom. The Morgan fingerprint density at radius 3 is 2.15 bits per heavy atom. The summed E-state index contributed by atoms with van der Waals surface area (Å²) in [5, 5.41) is 0. The Morgan fingerprint density at radius 2 is 1.77 bits per heavy atom. The van der Waals surface area contributed by atoms with Crippen molar-refractivity contribution < 1.29 is 2.74 Å². The van der Waals surface area contributed by atoms with Crippen molar-refractivity contribution in [1.82, 2.24) is 9.80 Å². The maximum absolute atomic E-state index is 8.08. The third-order valence-electron chi connectivity index (χ3n) is 2.65. The second kappa shape index (κ2) is 3.97. The van der Waals surface area contributed by atoms with E-state index < -0.39 is 6.50 Å². The molecule has 13 heavy (non-hydrogen) atoms. The lowest BCUT2D eigenvalue weighted by atomic mass is 10.0. The molecule has 1 heterocycles. The summed E-state index contributed by atoms with van der Waals surface area (Å²) in [5.74, 6) is 0. The van der Waals surface area contributed by atoms with Crippen LogP contribution in [-0.4, -0.2) is 47.5 Å². The summed E-state index contributed by atoms with van der Waals surface area (Å²) in [5.41, 5.74) is 0.0659. The molecule has 1 aliphatic heterocycles. The largest absolute Gasteiger partial charge is 0.298 e. The normalized spacial score (nSPS) is 28.8. The van der Waals surface area contributed by atoms with E-state index in [0.29, 0.717) is 6.54 Å². The molecule has 0 aromatic rings. The zero-order chi connectivity index (χ0) is 11.9. The van der Waals surface area contributed by atoms with Crippen LogP contribution < -0.4 is 0 Å². The number of piperazine rings is 1. The van der Waals surface area contributed by atoms with Crippen LogP contribution in [-0.2, 0) is 0 Å². The fraction of sp³-hybridized carbons (Fsp3) is 1.00. The van der Waals surface area contributed by atoms with Crippen molar-refractivity contribution in [3.05, 3.63) is 0 Å². The first-order valence-electron chi connectivity index (χ1n) is 6.16. The fourth-order valence-electron chi connectivity index (χ4n) is 1.58. The minimum Gasteiger partial charge on any atom is -0.298 e. The molecule has 0 bridgehead atoms. The first-order valence-corrected chi connectivity index (χ1v) is 5.16. The molecule has 0 aromatic heterocycles. The van der Waals surface area contributed by atoms with Crippen LogP contribution in [0.2, 0.25) is 0 Å². The van der Waals surface area contributed by atoms with E-state index in [1.54, 1.807) is 0 Å². The van der Waals surface area contributed by atoms with E-state index >= 15 is 0 Å². The molecule has 0 N–H and O–H groups in total. The van der Waals surface area contributed by atoms with Crippen LogP contribution in [0, 0.1) is 0 Å². The van der Waals surface area contributed by atoms with Crippen LogP contribution in [0.1, 0.15) is 37.4 Å². The van der Waals surface area contributed by atoms with Crippen molar-refractivity contribution in [1.29, 1.82) is 0 Å². The Balaban J connectivity index is 2.73.